The number of ether oxygens (including phenoxy) is 3. The Morgan fingerprint density at radius 1 is 1.07 bits per heavy atom. The molecule has 224 valence electrons. The molecule has 11 nitrogen and oxygen atoms in total. The monoisotopic (exact) mass is 581 g/mol. The number of likely N-dealkylation sites (tertiary alicyclic amines) is 1. The molecule has 2 fully saturated rings. The third-order valence-electron chi connectivity index (χ3n) is 7.63. The Labute approximate surface area is 243 Å². The van der Waals surface area contributed by atoms with Gasteiger partial charge in [0.15, 0.2) is 0 Å². The summed E-state index contributed by atoms with van der Waals surface area (Å²) in [5, 5.41) is 4.42. The van der Waals surface area contributed by atoms with E-state index in [0.717, 1.165) is 0 Å². The molecule has 2 aliphatic rings. The molecule has 0 N–H and O–H groups in total. The second-order valence-corrected chi connectivity index (χ2v) is 11.5. The van der Waals surface area contributed by atoms with Gasteiger partial charge in [-0.1, -0.05) is 0 Å². The topological polar surface area (TPSA) is 106 Å². The summed E-state index contributed by atoms with van der Waals surface area (Å²) in [6.07, 6.45) is 4.10. The fourth-order valence-electron chi connectivity index (χ4n) is 5.43. The van der Waals surface area contributed by atoms with Crippen molar-refractivity contribution in [1.82, 2.24) is 19.4 Å². The minimum atomic E-state index is -0.578. The van der Waals surface area contributed by atoms with E-state index in [4.69, 9.17) is 14.2 Å². The van der Waals surface area contributed by atoms with Gasteiger partial charge in [-0.25, -0.2) is 18.5 Å². The van der Waals surface area contributed by atoms with E-state index in [9.17, 15) is 14.4 Å². The van der Waals surface area contributed by atoms with Gasteiger partial charge in [-0.15, -0.1) is 0 Å². The number of aromatic nitrogens is 2. The number of fused-ring (bicyclic) bond motifs is 1. The summed E-state index contributed by atoms with van der Waals surface area (Å²) in [7, 11) is 3.05. The Morgan fingerprint density at radius 2 is 1.81 bits per heavy atom. The number of urea groups is 1. The highest BCUT2D eigenvalue weighted by molar-refractivity contribution is 6.07. The van der Waals surface area contributed by atoms with Crippen LogP contribution in [0.2, 0.25) is 0 Å². The summed E-state index contributed by atoms with van der Waals surface area (Å²) in [4.78, 5) is 43.1. The molecule has 0 bridgehead atoms. The summed E-state index contributed by atoms with van der Waals surface area (Å²) >= 11 is 0. The Balaban J connectivity index is 1.33. The molecule has 1 aromatic carbocycles. The van der Waals surface area contributed by atoms with Crippen LogP contribution in [0.4, 0.5) is 19.7 Å². The maximum atomic E-state index is 15.5. The van der Waals surface area contributed by atoms with Crippen molar-refractivity contribution in [2.45, 2.75) is 58.1 Å². The second kappa shape index (κ2) is 11.5. The molecule has 0 aliphatic carbocycles. The van der Waals surface area contributed by atoms with Crippen LogP contribution in [0.25, 0.3) is 5.52 Å². The van der Waals surface area contributed by atoms with Crippen LogP contribution < -0.4 is 14.4 Å². The Kier molecular flexibility index (Phi) is 7.98. The Bertz CT molecular complexity index is 1510. The van der Waals surface area contributed by atoms with Gasteiger partial charge in [0.1, 0.15) is 22.9 Å². The molecule has 5 rings (SSSR count). The van der Waals surface area contributed by atoms with Crippen molar-refractivity contribution < 1.29 is 33.0 Å². The molecule has 0 spiro atoms. The zero-order chi connectivity index (χ0) is 30.2. The molecule has 2 aliphatic heterocycles. The van der Waals surface area contributed by atoms with E-state index >= 15 is 4.39 Å². The second-order valence-electron chi connectivity index (χ2n) is 11.5. The lowest BCUT2D eigenvalue weighted by molar-refractivity contribution is -0.129. The highest BCUT2D eigenvalue weighted by atomic mass is 19.1. The number of imide groups is 1. The van der Waals surface area contributed by atoms with Gasteiger partial charge >= 0.3 is 12.1 Å². The number of hydrogen-bond donors (Lipinski definition) is 0. The zero-order valence-corrected chi connectivity index (χ0v) is 24.6. The highest BCUT2D eigenvalue weighted by Gasteiger charge is 2.35. The van der Waals surface area contributed by atoms with Gasteiger partial charge in [0.2, 0.25) is 5.91 Å². The van der Waals surface area contributed by atoms with Crippen molar-refractivity contribution in [3.05, 3.63) is 53.6 Å². The van der Waals surface area contributed by atoms with Crippen molar-refractivity contribution >= 4 is 29.2 Å². The van der Waals surface area contributed by atoms with Gasteiger partial charge in [0.05, 0.1) is 38.2 Å². The van der Waals surface area contributed by atoms with Crippen LogP contribution in [0.15, 0.2) is 36.7 Å². The number of piperidine rings is 1. The lowest BCUT2D eigenvalue weighted by Gasteiger charge is -2.34. The van der Waals surface area contributed by atoms with Crippen molar-refractivity contribution in [3.8, 4) is 11.5 Å². The number of methoxy groups -OCH3 is 2. The molecule has 0 unspecified atom stereocenters. The van der Waals surface area contributed by atoms with Crippen LogP contribution in [0.1, 0.15) is 57.1 Å². The first kappa shape index (κ1) is 29.2. The van der Waals surface area contributed by atoms with Crippen LogP contribution in [0, 0.1) is 5.82 Å². The molecule has 0 atom stereocenters. The number of amides is 4. The highest BCUT2D eigenvalue weighted by Crippen LogP contribution is 2.34. The van der Waals surface area contributed by atoms with E-state index in [1.54, 1.807) is 40.9 Å². The number of rotatable bonds is 6. The van der Waals surface area contributed by atoms with Gasteiger partial charge in [0, 0.05) is 55.5 Å². The first-order chi connectivity index (χ1) is 20.0. The fourth-order valence-corrected chi connectivity index (χ4v) is 5.43. The van der Waals surface area contributed by atoms with E-state index in [1.165, 1.54) is 29.2 Å². The van der Waals surface area contributed by atoms with Crippen LogP contribution in [0.3, 0.4) is 0 Å². The van der Waals surface area contributed by atoms with Gasteiger partial charge < -0.3 is 19.1 Å². The van der Waals surface area contributed by atoms with E-state index in [-0.39, 0.29) is 37.4 Å². The van der Waals surface area contributed by atoms with E-state index in [1.807, 2.05) is 20.8 Å². The molecular formula is C30H36FN5O6. The summed E-state index contributed by atoms with van der Waals surface area (Å²) in [5.74, 6) is 0.284. The maximum absolute atomic E-state index is 15.5. The molecule has 3 aromatic rings. The van der Waals surface area contributed by atoms with Gasteiger partial charge in [-0.2, -0.15) is 5.10 Å². The number of hydrogen-bond acceptors (Lipinski definition) is 7. The van der Waals surface area contributed by atoms with Crippen molar-refractivity contribution in [2.24, 2.45) is 0 Å². The molecule has 0 radical (unpaired) electrons. The van der Waals surface area contributed by atoms with Crippen LogP contribution in [-0.4, -0.2) is 76.9 Å². The molecule has 0 saturated carbocycles. The predicted molar refractivity (Wildman–Crippen MR) is 152 cm³/mol. The van der Waals surface area contributed by atoms with Crippen molar-refractivity contribution in [1.29, 1.82) is 0 Å². The normalized spacial score (nSPS) is 16.8. The average Bonchev–Trinajstić information content (AvgIpc) is 3.36. The predicted octanol–water partition coefficient (Wildman–Crippen LogP) is 4.96. The van der Waals surface area contributed by atoms with Crippen LogP contribution in [0.5, 0.6) is 11.5 Å². The van der Waals surface area contributed by atoms with E-state index in [0.29, 0.717) is 59.8 Å². The quantitative estimate of drug-likeness (QED) is 0.405. The standard InChI is InChI=1S/C30H36FN5O6/c1-30(2,3)42-29(39)33-11-8-19(9-12-33)22-18-36-24(15-23(22)31)25(16-32-36)34-13-10-27(37)35(28(34)38)17-20-6-7-21(40-4)14-26(20)41-5/h6-7,14-16,18-19H,8-13,17H2,1-5H3. The molecule has 4 heterocycles. The fraction of sp³-hybridized carbons (Fsp3) is 0.467. The first-order valence-electron chi connectivity index (χ1n) is 14.0. The number of carbonyl (C=O) groups is 3. The largest absolute Gasteiger partial charge is 0.497 e. The van der Waals surface area contributed by atoms with Gasteiger partial charge in [-0.3, -0.25) is 14.6 Å². The molecule has 12 heteroatoms. The van der Waals surface area contributed by atoms with E-state index < -0.39 is 17.4 Å². The summed E-state index contributed by atoms with van der Waals surface area (Å²) in [6, 6.07) is 6.05. The number of pyridine rings is 1. The van der Waals surface area contributed by atoms with E-state index in [2.05, 4.69) is 5.10 Å². The number of nitrogens with zero attached hydrogens (tertiary/aromatic N) is 5. The average molecular weight is 582 g/mol. The lowest BCUT2D eigenvalue weighted by atomic mass is 9.90. The number of carbonyl (C=O) groups excluding carboxylic acids is 3. The molecule has 2 saturated heterocycles. The summed E-state index contributed by atoms with van der Waals surface area (Å²) in [6.45, 7) is 6.57. The zero-order valence-electron chi connectivity index (χ0n) is 24.6. The van der Waals surface area contributed by atoms with Crippen molar-refractivity contribution in [3.63, 3.8) is 0 Å². The minimum Gasteiger partial charge on any atom is -0.497 e. The van der Waals surface area contributed by atoms with Crippen LogP contribution >= 0.6 is 0 Å². The molecular weight excluding hydrogens is 545 g/mol. The SMILES string of the molecule is COc1ccc(CN2C(=O)CCN(c3cnn4cc(C5CCN(C(=O)OC(C)(C)C)CC5)c(F)cc34)C2=O)c(OC)c1. The molecule has 42 heavy (non-hydrogen) atoms. The molecule has 4 amide bonds. The number of halogens is 1. The summed E-state index contributed by atoms with van der Waals surface area (Å²) in [5.41, 5.74) is 1.42. The maximum Gasteiger partial charge on any atom is 0.410 e. The number of benzene rings is 1. The lowest BCUT2D eigenvalue weighted by Crippen LogP contribution is -2.52. The van der Waals surface area contributed by atoms with Gasteiger partial charge in [0.25, 0.3) is 0 Å². The Morgan fingerprint density at radius 3 is 2.48 bits per heavy atom. The smallest absolute Gasteiger partial charge is 0.410 e. The molecule has 2 aromatic heterocycles. The third kappa shape index (κ3) is 5.83. The number of anilines is 1. The minimum absolute atomic E-state index is 0.0149. The van der Waals surface area contributed by atoms with Crippen LogP contribution in [-0.2, 0) is 16.1 Å². The van der Waals surface area contributed by atoms with Gasteiger partial charge in [-0.05, 0) is 51.7 Å². The first-order valence-corrected chi connectivity index (χ1v) is 14.0. The third-order valence-corrected chi connectivity index (χ3v) is 7.63. The summed E-state index contributed by atoms with van der Waals surface area (Å²) < 4.78 is 33.3. The van der Waals surface area contributed by atoms with Crippen molar-refractivity contribution in [2.75, 3.05) is 38.8 Å². The Hall–Kier alpha value is -4.35.